The Morgan fingerprint density at radius 1 is 1.26 bits per heavy atom. The number of ether oxygens (including phenoxy) is 1. The molecular weight excluding hydrogens is 364 g/mol. The highest BCUT2D eigenvalue weighted by atomic mass is 35.5. The van der Waals surface area contributed by atoms with E-state index in [1.54, 1.807) is 4.90 Å². The number of carbonyl (C=O) groups is 2. The van der Waals surface area contributed by atoms with Crippen LogP contribution >= 0.6 is 11.6 Å². The highest BCUT2D eigenvalue weighted by molar-refractivity contribution is 6.30. The molecule has 1 atom stereocenters. The molecule has 1 unspecified atom stereocenters. The molecule has 0 radical (unpaired) electrons. The molecular formula is C21H29ClN2O3. The molecule has 6 heteroatoms. The van der Waals surface area contributed by atoms with Crippen LogP contribution in [0.2, 0.25) is 5.02 Å². The summed E-state index contributed by atoms with van der Waals surface area (Å²) in [5.74, 6) is -0.0259. The number of Topliss-reactive ketones (excluding diaryl/α,β-unsaturated/α-hetero) is 1. The van der Waals surface area contributed by atoms with Crippen molar-refractivity contribution in [3.05, 3.63) is 46.6 Å². The Kier molecular flexibility index (Phi) is 6.93. The van der Waals surface area contributed by atoms with Gasteiger partial charge < -0.3 is 9.64 Å². The molecule has 0 bridgehead atoms. The van der Waals surface area contributed by atoms with Crippen LogP contribution in [0.5, 0.6) is 0 Å². The van der Waals surface area contributed by atoms with Crippen molar-refractivity contribution in [3.8, 4) is 0 Å². The number of rotatable bonds is 5. The maximum absolute atomic E-state index is 13.3. The first-order valence-corrected chi connectivity index (χ1v) is 9.60. The molecule has 0 spiro atoms. The molecule has 1 fully saturated rings. The Morgan fingerprint density at radius 3 is 2.44 bits per heavy atom. The van der Waals surface area contributed by atoms with Gasteiger partial charge in [-0.05, 0) is 51.3 Å². The normalized spacial score (nSPS) is 17.8. The second kappa shape index (κ2) is 8.79. The first-order valence-electron chi connectivity index (χ1n) is 9.22. The molecule has 0 N–H and O–H groups in total. The molecule has 1 aliphatic rings. The van der Waals surface area contributed by atoms with Gasteiger partial charge in [0.1, 0.15) is 5.60 Å². The van der Waals surface area contributed by atoms with Gasteiger partial charge in [-0.2, -0.15) is 0 Å². The quantitative estimate of drug-likeness (QED) is 0.701. The second-order valence-electron chi connectivity index (χ2n) is 8.12. The van der Waals surface area contributed by atoms with E-state index in [1.165, 1.54) is 0 Å². The van der Waals surface area contributed by atoms with Crippen LogP contribution < -0.4 is 0 Å². The lowest BCUT2D eigenvalue weighted by Crippen LogP contribution is -2.44. The average Bonchev–Trinajstić information content (AvgIpc) is 3.03. The van der Waals surface area contributed by atoms with Gasteiger partial charge in [0.25, 0.3) is 0 Å². The van der Waals surface area contributed by atoms with Gasteiger partial charge in [-0.25, -0.2) is 4.79 Å². The Hall–Kier alpha value is -2.01. The zero-order valence-corrected chi connectivity index (χ0v) is 17.5. The number of likely N-dealkylation sites (tertiary alicyclic amines) is 1. The van der Waals surface area contributed by atoms with Crippen molar-refractivity contribution < 1.29 is 14.3 Å². The second-order valence-corrected chi connectivity index (χ2v) is 8.55. The molecule has 5 nitrogen and oxygen atoms in total. The first kappa shape index (κ1) is 21.3. The molecule has 1 aromatic rings. The van der Waals surface area contributed by atoms with Gasteiger partial charge >= 0.3 is 6.09 Å². The number of ketones is 1. The lowest BCUT2D eigenvalue weighted by Gasteiger charge is -2.28. The molecule has 148 valence electrons. The monoisotopic (exact) mass is 392 g/mol. The smallest absolute Gasteiger partial charge is 0.410 e. The number of nitrogens with zero attached hydrogens (tertiary/aromatic N) is 2. The minimum absolute atomic E-state index is 0.0259. The fraction of sp³-hybridized carbons (Fsp3) is 0.524. The molecule has 1 heterocycles. The van der Waals surface area contributed by atoms with Crippen LogP contribution in [-0.4, -0.2) is 54.0 Å². The van der Waals surface area contributed by atoms with Gasteiger partial charge in [0, 0.05) is 43.9 Å². The molecule has 27 heavy (non-hydrogen) atoms. The maximum Gasteiger partial charge on any atom is 0.410 e. The van der Waals surface area contributed by atoms with Crippen molar-refractivity contribution in [2.75, 3.05) is 20.6 Å². The summed E-state index contributed by atoms with van der Waals surface area (Å²) < 4.78 is 5.48. The van der Waals surface area contributed by atoms with E-state index in [2.05, 4.69) is 0 Å². The predicted octanol–water partition coefficient (Wildman–Crippen LogP) is 4.30. The summed E-state index contributed by atoms with van der Waals surface area (Å²) in [6.07, 6.45) is 3.36. The van der Waals surface area contributed by atoms with E-state index in [4.69, 9.17) is 16.3 Å². The molecule has 1 aliphatic heterocycles. The number of hydrogen-bond donors (Lipinski definition) is 0. The minimum Gasteiger partial charge on any atom is -0.444 e. The van der Waals surface area contributed by atoms with Gasteiger partial charge in [0.05, 0.1) is 6.04 Å². The van der Waals surface area contributed by atoms with Gasteiger partial charge in [-0.1, -0.05) is 23.7 Å². The van der Waals surface area contributed by atoms with Gasteiger partial charge in [-0.15, -0.1) is 0 Å². The van der Waals surface area contributed by atoms with Crippen LogP contribution in [0.4, 0.5) is 4.79 Å². The lowest BCUT2D eigenvalue weighted by atomic mass is 9.96. The highest BCUT2D eigenvalue weighted by Crippen LogP contribution is 2.25. The highest BCUT2D eigenvalue weighted by Gasteiger charge is 2.37. The fourth-order valence-electron chi connectivity index (χ4n) is 3.12. The van der Waals surface area contributed by atoms with Crippen molar-refractivity contribution >= 4 is 23.5 Å². The number of hydrogen-bond acceptors (Lipinski definition) is 4. The standard InChI is InChI=1S/C21H29ClN2O3/c1-21(2,3)27-20(26)24-12-6-7-18(24)19(25)16(14-23(4)5)13-15-8-10-17(22)11-9-15/h8-11,14,18H,6-7,12-13H2,1-5H3. The van der Waals surface area contributed by atoms with Crippen LogP contribution in [0.25, 0.3) is 0 Å². The summed E-state index contributed by atoms with van der Waals surface area (Å²) in [5, 5.41) is 0.662. The molecule has 1 amide bonds. The third-order valence-electron chi connectivity index (χ3n) is 4.22. The van der Waals surface area contributed by atoms with Gasteiger partial charge in [0.15, 0.2) is 5.78 Å². The lowest BCUT2D eigenvalue weighted by molar-refractivity contribution is -0.119. The van der Waals surface area contributed by atoms with Crippen molar-refractivity contribution in [1.29, 1.82) is 0 Å². The minimum atomic E-state index is -0.584. The molecule has 1 saturated heterocycles. The van der Waals surface area contributed by atoms with Crippen LogP contribution in [0.3, 0.4) is 0 Å². The van der Waals surface area contributed by atoms with E-state index in [0.29, 0.717) is 30.0 Å². The summed E-state index contributed by atoms with van der Waals surface area (Å²) in [5.41, 5.74) is 1.09. The maximum atomic E-state index is 13.3. The summed E-state index contributed by atoms with van der Waals surface area (Å²) in [7, 11) is 3.77. The summed E-state index contributed by atoms with van der Waals surface area (Å²) in [4.78, 5) is 29.2. The number of carbonyl (C=O) groups excluding carboxylic acids is 2. The van der Waals surface area contributed by atoms with Gasteiger partial charge in [-0.3, -0.25) is 9.69 Å². The Bertz CT molecular complexity index is 705. The molecule has 1 aromatic carbocycles. The fourth-order valence-corrected chi connectivity index (χ4v) is 3.25. The topological polar surface area (TPSA) is 49.9 Å². The third kappa shape index (κ3) is 6.28. The van der Waals surface area contributed by atoms with E-state index in [9.17, 15) is 9.59 Å². The number of amides is 1. The SMILES string of the molecule is CN(C)C=C(Cc1ccc(Cl)cc1)C(=O)C1CCCN1C(=O)OC(C)(C)C. The zero-order valence-electron chi connectivity index (χ0n) is 16.8. The molecule has 2 rings (SSSR count). The van der Waals surface area contributed by atoms with Crippen molar-refractivity contribution in [2.45, 2.75) is 51.7 Å². The summed E-state index contributed by atoms with van der Waals surface area (Å²) >= 11 is 5.96. The molecule has 0 aromatic heterocycles. The Morgan fingerprint density at radius 2 is 1.89 bits per heavy atom. The van der Waals surface area contributed by atoms with Crippen LogP contribution in [-0.2, 0) is 16.0 Å². The van der Waals surface area contributed by atoms with E-state index in [0.717, 1.165) is 12.0 Å². The Labute approximate surface area is 166 Å². The van der Waals surface area contributed by atoms with Crippen molar-refractivity contribution in [1.82, 2.24) is 9.80 Å². The predicted molar refractivity (Wildman–Crippen MR) is 108 cm³/mol. The van der Waals surface area contributed by atoms with Crippen LogP contribution in [0, 0.1) is 0 Å². The number of benzene rings is 1. The van der Waals surface area contributed by atoms with E-state index >= 15 is 0 Å². The largest absolute Gasteiger partial charge is 0.444 e. The Balaban J connectivity index is 2.20. The summed E-state index contributed by atoms with van der Waals surface area (Å²) in [6.45, 7) is 6.03. The summed E-state index contributed by atoms with van der Waals surface area (Å²) in [6, 6.07) is 6.99. The van der Waals surface area contributed by atoms with E-state index in [-0.39, 0.29) is 5.78 Å². The van der Waals surface area contributed by atoms with Crippen LogP contribution in [0.15, 0.2) is 36.0 Å². The van der Waals surface area contributed by atoms with Crippen molar-refractivity contribution in [3.63, 3.8) is 0 Å². The van der Waals surface area contributed by atoms with E-state index in [1.807, 2.05) is 70.2 Å². The molecule has 0 aliphatic carbocycles. The van der Waals surface area contributed by atoms with Crippen LogP contribution in [0.1, 0.15) is 39.2 Å². The number of halogens is 1. The average molecular weight is 393 g/mol. The van der Waals surface area contributed by atoms with Crippen molar-refractivity contribution in [2.24, 2.45) is 0 Å². The van der Waals surface area contributed by atoms with Gasteiger partial charge in [0.2, 0.25) is 0 Å². The van der Waals surface area contributed by atoms with E-state index < -0.39 is 17.7 Å². The first-order chi connectivity index (χ1) is 12.6. The zero-order chi connectivity index (χ0) is 20.2. The molecule has 0 saturated carbocycles. The third-order valence-corrected chi connectivity index (χ3v) is 4.47.